The average molecular weight is 315 g/mol. The van der Waals surface area contributed by atoms with E-state index in [2.05, 4.69) is 20.8 Å². The van der Waals surface area contributed by atoms with Gasteiger partial charge in [-0.25, -0.2) is 0 Å². The van der Waals surface area contributed by atoms with Crippen LogP contribution in [-0.2, 0) is 13.0 Å². The third-order valence-corrected chi connectivity index (χ3v) is 4.48. The highest BCUT2D eigenvalue weighted by molar-refractivity contribution is 5.94. The maximum Gasteiger partial charge on any atom is 0.272 e. The summed E-state index contributed by atoms with van der Waals surface area (Å²) in [5, 5.41) is 22.9. The molecular weight excluding hydrogens is 292 g/mol. The largest absolute Gasteiger partial charge is 0.396 e. The van der Waals surface area contributed by atoms with Gasteiger partial charge in [-0.1, -0.05) is 12.8 Å². The molecule has 0 saturated heterocycles. The fourth-order valence-corrected chi connectivity index (χ4v) is 3.27. The third-order valence-electron chi connectivity index (χ3n) is 4.48. The minimum absolute atomic E-state index is 0. The number of nitrogens with one attached hydrogen (secondary N) is 3. The van der Waals surface area contributed by atoms with E-state index >= 15 is 0 Å². The Hall–Kier alpha value is -1.11. The number of halogens is 1. The van der Waals surface area contributed by atoms with E-state index in [4.69, 9.17) is 0 Å². The molecule has 1 saturated carbocycles. The molecule has 1 aromatic rings. The highest BCUT2D eigenvalue weighted by Crippen LogP contribution is 2.24. The van der Waals surface area contributed by atoms with Gasteiger partial charge in [0.2, 0.25) is 0 Å². The number of amides is 1. The van der Waals surface area contributed by atoms with E-state index in [-0.39, 0.29) is 36.9 Å². The zero-order chi connectivity index (χ0) is 13.9. The monoisotopic (exact) mass is 314 g/mol. The molecule has 0 aromatic carbocycles. The molecule has 0 bridgehead atoms. The van der Waals surface area contributed by atoms with E-state index in [0.29, 0.717) is 12.2 Å². The predicted octanol–water partition coefficient (Wildman–Crippen LogP) is 0.758. The second kappa shape index (κ2) is 7.24. The molecule has 1 amide bonds. The normalized spacial score (nSPS) is 24.8. The van der Waals surface area contributed by atoms with E-state index in [1.165, 1.54) is 0 Å². The van der Waals surface area contributed by atoms with Gasteiger partial charge in [-0.05, 0) is 12.8 Å². The molecule has 118 valence electrons. The summed E-state index contributed by atoms with van der Waals surface area (Å²) in [4.78, 5) is 12.4. The van der Waals surface area contributed by atoms with Gasteiger partial charge in [-0.2, -0.15) is 5.10 Å². The van der Waals surface area contributed by atoms with Crippen LogP contribution in [0.1, 0.15) is 47.4 Å². The van der Waals surface area contributed by atoms with Gasteiger partial charge in [-0.3, -0.25) is 9.89 Å². The van der Waals surface area contributed by atoms with Gasteiger partial charge in [0.15, 0.2) is 5.69 Å². The number of H-pyrrole nitrogens is 1. The number of aliphatic hydroxyl groups is 1. The number of aromatic nitrogens is 2. The molecule has 1 aromatic heterocycles. The average Bonchev–Trinajstić information content (AvgIpc) is 2.92. The second-order valence-corrected chi connectivity index (χ2v) is 5.76. The molecular formula is C14H23ClN4O2. The number of fused-ring (bicyclic) bond motifs is 1. The highest BCUT2D eigenvalue weighted by atomic mass is 35.5. The van der Waals surface area contributed by atoms with Crippen molar-refractivity contribution in [3.8, 4) is 0 Å². The van der Waals surface area contributed by atoms with Crippen LogP contribution >= 0.6 is 12.4 Å². The van der Waals surface area contributed by atoms with Gasteiger partial charge in [0.25, 0.3) is 5.91 Å². The van der Waals surface area contributed by atoms with Crippen molar-refractivity contribution in [1.29, 1.82) is 0 Å². The molecule has 0 spiro atoms. The van der Waals surface area contributed by atoms with Crippen LogP contribution in [0, 0.1) is 5.92 Å². The van der Waals surface area contributed by atoms with Crippen molar-refractivity contribution in [1.82, 2.24) is 20.8 Å². The maximum atomic E-state index is 12.4. The number of aromatic amines is 1. The maximum absolute atomic E-state index is 12.4. The van der Waals surface area contributed by atoms with Crippen LogP contribution in [0.15, 0.2) is 0 Å². The standard InChI is InChI=1S/C14H22N4O2.ClH/c19-8-9-3-1-2-4-11(9)16-14(20)13-10-7-15-6-5-12(10)17-18-13;/h9,11,15,19H,1-8H2,(H,16,20)(H,17,18);1H. The van der Waals surface area contributed by atoms with Crippen LogP contribution in [0.2, 0.25) is 0 Å². The lowest BCUT2D eigenvalue weighted by molar-refractivity contribution is 0.0866. The van der Waals surface area contributed by atoms with E-state index in [0.717, 1.165) is 49.9 Å². The number of nitrogens with zero attached hydrogens (tertiary/aromatic N) is 1. The molecule has 2 aliphatic rings. The van der Waals surface area contributed by atoms with Crippen LogP contribution in [0.25, 0.3) is 0 Å². The molecule has 3 rings (SSSR count). The number of hydrogen-bond donors (Lipinski definition) is 4. The van der Waals surface area contributed by atoms with Gasteiger partial charge in [0.05, 0.1) is 0 Å². The van der Waals surface area contributed by atoms with Crippen molar-refractivity contribution in [3.05, 3.63) is 17.0 Å². The number of carbonyl (C=O) groups excluding carboxylic acids is 1. The van der Waals surface area contributed by atoms with Crippen LogP contribution in [0.3, 0.4) is 0 Å². The lowest BCUT2D eigenvalue weighted by atomic mass is 9.85. The third kappa shape index (κ3) is 3.39. The number of rotatable bonds is 3. The van der Waals surface area contributed by atoms with E-state index in [1.54, 1.807) is 0 Å². The summed E-state index contributed by atoms with van der Waals surface area (Å²) in [5.41, 5.74) is 2.57. The van der Waals surface area contributed by atoms with Crippen LogP contribution in [0.5, 0.6) is 0 Å². The molecule has 0 radical (unpaired) electrons. The van der Waals surface area contributed by atoms with E-state index in [1.807, 2.05) is 0 Å². The molecule has 21 heavy (non-hydrogen) atoms. The van der Waals surface area contributed by atoms with Crippen molar-refractivity contribution in [2.45, 2.75) is 44.7 Å². The smallest absolute Gasteiger partial charge is 0.272 e. The molecule has 4 N–H and O–H groups in total. The Kier molecular flexibility index (Phi) is 5.61. The van der Waals surface area contributed by atoms with Crippen molar-refractivity contribution in [2.24, 2.45) is 5.92 Å². The highest BCUT2D eigenvalue weighted by Gasteiger charge is 2.28. The first-order valence-electron chi connectivity index (χ1n) is 7.48. The summed E-state index contributed by atoms with van der Waals surface area (Å²) in [6.07, 6.45) is 5.07. The van der Waals surface area contributed by atoms with Gasteiger partial charge in [0.1, 0.15) is 0 Å². The summed E-state index contributed by atoms with van der Waals surface area (Å²) in [7, 11) is 0. The fraction of sp³-hybridized carbons (Fsp3) is 0.714. The summed E-state index contributed by atoms with van der Waals surface area (Å²) < 4.78 is 0. The van der Waals surface area contributed by atoms with Gasteiger partial charge in [-0.15, -0.1) is 12.4 Å². The topological polar surface area (TPSA) is 90.0 Å². The molecule has 2 atom stereocenters. The fourth-order valence-electron chi connectivity index (χ4n) is 3.27. The summed E-state index contributed by atoms with van der Waals surface area (Å²) in [6, 6.07) is 0.0742. The molecule has 6 nitrogen and oxygen atoms in total. The summed E-state index contributed by atoms with van der Waals surface area (Å²) >= 11 is 0. The zero-order valence-corrected chi connectivity index (χ0v) is 12.8. The Morgan fingerprint density at radius 2 is 2.19 bits per heavy atom. The molecule has 7 heteroatoms. The Bertz CT molecular complexity index is 491. The minimum Gasteiger partial charge on any atom is -0.396 e. The van der Waals surface area contributed by atoms with Crippen molar-refractivity contribution >= 4 is 18.3 Å². The first kappa shape index (κ1) is 16.3. The number of hydrogen-bond acceptors (Lipinski definition) is 4. The summed E-state index contributed by atoms with van der Waals surface area (Å²) in [6.45, 7) is 1.76. The SMILES string of the molecule is Cl.O=C(NC1CCCCC1CO)c1n[nH]c2c1CNCC2. The molecule has 1 aliphatic carbocycles. The molecule has 1 aliphatic heterocycles. The predicted molar refractivity (Wildman–Crippen MR) is 81.5 cm³/mol. The number of aliphatic hydroxyl groups excluding tert-OH is 1. The zero-order valence-electron chi connectivity index (χ0n) is 12.0. The Morgan fingerprint density at radius 3 is 3.00 bits per heavy atom. The van der Waals surface area contributed by atoms with Crippen LogP contribution in [-0.4, -0.2) is 40.4 Å². The minimum atomic E-state index is -0.114. The first-order valence-corrected chi connectivity index (χ1v) is 7.48. The van der Waals surface area contributed by atoms with E-state index in [9.17, 15) is 9.90 Å². The van der Waals surface area contributed by atoms with Gasteiger partial charge >= 0.3 is 0 Å². The second-order valence-electron chi connectivity index (χ2n) is 5.76. The Balaban J connectivity index is 0.00000161. The molecule has 2 heterocycles. The Morgan fingerprint density at radius 1 is 1.38 bits per heavy atom. The first-order chi connectivity index (χ1) is 9.79. The quantitative estimate of drug-likeness (QED) is 0.663. The van der Waals surface area contributed by atoms with E-state index < -0.39 is 0 Å². The molecule has 1 fully saturated rings. The lowest BCUT2D eigenvalue weighted by Gasteiger charge is -2.30. The van der Waals surface area contributed by atoms with Crippen molar-refractivity contribution in [2.75, 3.05) is 13.2 Å². The van der Waals surface area contributed by atoms with Crippen LogP contribution in [0.4, 0.5) is 0 Å². The van der Waals surface area contributed by atoms with Crippen LogP contribution < -0.4 is 10.6 Å². The number of carbonyl (C=O) groups is 1. The summed E-state index contributed by atoms with van der Waals surface area (Å²) in [5.74, 6) is 0.0668. The lowest BCUT2D eigenvalue weighted by Crippen LogP contribution is -2.44. The molecule has 2 unspecified atom stereocenters. The Labute approximate surface area is 130 Å². The van der Waals surface area contributed by atoms with Gasteiger partial charge in [0, 0.05) is 49.3 Å². The van der Waals surface area contributed by atoms with Crippen molar-refractivity contribution in [3.63, 3.8) is 0 Å². The van der Waals surface area contributed by atoms with Crippen molar-refractivity contribution < 1.29 is 9.90 Å². The van der Waals surface area contributed by atoms with Gasteiger partial charge < -0.3 is 15.7 Å².